The van der Waals surface area contributed by atoms with Gasteiger partial charge in [-0.25, -0.2) is 0 Å². The lowest BCUT2D eigenvalue weighted by atomic mass is 10.2. The quantitative estimate of drug-likeness (QED) is 0.741. The first-order valence-corrected chi connectivity index (χ1v) is 7.35. The Kier molecular flexibility index (Phi) is 6.25. The van der Waals surface area contributed by atoms with E-state index in [0.29, 0.717) is 0 Å². The van der Waals surface area contributed by atoms with Gasteiger partial charge in [-0.15, -0.1) is 0 Å². The first kappa shape index (κ1) is 15.5. The molecule has 0 saturated heterocycles. The predicted molar refractivity (Wildman–Crippen MR) is 88.0 cm³/mol. The SMILES string of the molecule is CN(C)CCN(C/C=C/c1ccco1)Cc1ccccc1. The van der Waals surface area contributed by atoms with Crippen molar-refractivity contribution < 1.29 is 4.42 Å². The highest BCUT2D eigenvalue weighted by atomic mass is 16.3. The Bertz CT molecular complexity index is 517. The minimum absolute atomic E-state index is 0.905. The maximum absolute atomic E-state index is 5.32. The van der Waals surface area contributed by atoms with Crippen LogP contribution in [-0.4, -0.2) is 43.5 Å². The second-order valence-electron chi connectivity index (χ2n) is 5.44. The molecule has 0 unspecified atom stereocenters. The second kappa shape index (κ2) is 8.45. The van der Waals surface area contributed by atoms with Crippen LogP contribution in [0.4, 0.5) is 0 Å². The summed E-state index contributed by atoms with van der Waals surface area (Å²) in [7, 11) is 4.22. The molecule has 0 amide bonds. The van der Waals surface area contributed by atoms with Crippen molar-refractivity contribution in [1.82, 2.24) is 9.80 Å². The van der Waals surface area contributed by atoms with Gasteiger partial charge in [0.15, 0.2) is 0 Å². The fourth-order valence-corrected chi connectivity index (χ4v) is 2.12. The van der Waals surface area contributed by atoms with E-state index < -0.39 is 0 Å². The molecule has 0 radical (unpaired) electrons. The van der Waals surface area contributed by atoms with E-state index in [-0.39, 0.29) is 0 Å². The molecule has 0 fully saturated rings. The largest absolute Gasteiger partial charge is 0.465 e. The summed E-state index contributed by atoms with van der Waals surface area (Å²) in [6.45, 7) is 3.99. The molecule has 1 heterocycles. The molecule has 0 aliphatic carbocycles. The summed E-state index contributed by atoms with van der Waals surface area (Å²) >= 11 is 0. The molecule has 0 saturated carbocycles. The summed E-state index contributed by atoms with van der Waals surface area (Å²) < 4.78 is 5.32. The van der Waals surface area contributed by atoms with Gasteiger partial charge in [-0.1, -0.05) is 36.4 Å². The minimum atomic E-state index is 0.905. The van der Waals surface area contributed by atoms with Crippen LogP contribution in [0.3, 0.4) is 0 Å². The topological polar surface area (TPSA) is 19.6 Å². The van der Waals surface area contributed by atoms with E-state index in [4.69, 9.17) is 4.42 Å². The van der Waals surface area contributed by atoms with E-state index in [1.165, 1.54) is 5.56 Å². The average molecular weight is 284 g/mol. The van der Waals surface area contributed by atoms with Crippen molar-refractivity contribution >= 4 is 6.08 Å². The van der Waals surface area contributed by atoms with Crippen LogP contribution in [0.1, 0.15) is 11.3 Å². The monoisotopic (exact) mass is 284 g/mol. The van der Waals surface area contributed by atoms with Crippen molar-refractivity contribution in [1.29, 1.82) is 0 Å². The zero-order chi connectivity index (χ0) is 14.9. The summed E-state index contributed by atoms with van der Waals surface area (Å²) in [5.41, 5.74) is 1.35. The van der Waals surface area contributed by atoms with E-state index in [0.717, 1.165) is 31.9 Å². The Hall–Kier alpha value is -1.84. The maximum Gasteiger partial charge on any atom is 0.126 e. The lowest BCUT2D eigenvalue weighted by Gasteiger charge is -2.22. The number of hydrogen-bond acceptors (Lipinski definition) is 3. The van der Waals surface area contributed by atoms with Crippen LogP contribution in [0.15, 0.2) is 59.2 Å². The van der Waals surface area contributed by atoms with Gasteiger partial charge in [0, 0.05) is 26.2 Å². The molecule has 1 aromatic heterocycles. The highest BCUT2D eigenvalue weighted by molar-refractivity contribution is 5.42. The number of rotatable bonds is 8. The lowest BCUT2D eigenvalue weighted by molar-refractivity contribution is 0.254. The maximum atomic E-state index is 5.32. The summed E-state index contributed by atoms with van der Waals surface area (Å²) in [6.07, 6.45) is 5.90. The van der Waals surface area contributed by atoms with Crippen LogP contribution in [0.2, 0.25) is 0 Å². The van der Waals surface area contributed by atoms with Gasteiger partial charge in [0.05, 0.1) is 6.26 Å². The number of hydrogen-bond donors (Lipinski definition) is 0. The highest BCUT2D eigenvalue weighted by Crippen LogP contribution is 2.06. The van der Waals surface area contributed by atoms with Gasteiger partial charge in [0.2, 0.25) is 0 Å². The van der Waals surface area contributed by atoms with Crippen molar-refractivity contribution in [2.75, 3.05) is 33.7 Å². The molecule has 0 aliphatic rings. The lowest BCUT2D eigenvalue weighted by Crippen LogP contribution is -2.31. The summed E-state index contributed by atoms with van der Waals surface area (Å²) in [5, 5.41) is 0. The van der Waals surface area contributed by atoms with Gasteiger partial charge < -0.3 is 9.32 Å². The van der Waals surface area contributed by atoms with Gasteiger partial charge in [0.1, 0.15) is 5.76 Å². The van der Waals surface area contributed by atoms with E-state index in [1.54, 1.807) is 6.26 Å². The number of likely N-dealkylation sites (N-methyl/N-ethyl adjacent to an activating group) is 1. The zero-order valence-corrected chi connectivity index (χ0v) is 12.9. The molecule has 112 valence electrons. The zero-order valence-electron chi connectivity index (χ0n) is 12.9. The van der Waals surface area contributed by atoms with E-state index >= 15 is 0 Å². The van der Waals surface area contributed by atoms with Gasteiger partial charge in [-0.05, 0) is 37.9 Å². The second-order valence-corrected chi connectivity index (χ2v) is 5.44. The third kappa shape index (κ3) is 5.98. The summed E-state index contributed by atoms with van der Waals surface area (Å²) in [5.74, 6) is 0.905. The molecule has 0 atom stereocenters. The molecule has 0 N–H and O–H groups in total. The number of nitrogens with zero attached hydrogens (tertiary/aromatic N) is 2. The fourth-order valence-electron chi connectivity index (χ4n) is 2.12. The Labute approximate surface area is 127 Å². The summed E-state index contributed by atoms with van der Waals surface area (Å²) in [4.78, 5) is 4.66. The molecule has 0 bridgehead atoms. The third-order valence-corrected chi connectivity index (χ3v) is 3.30. The van der Waals surface area contributed by atoms with Gasteiger partial charge in [-0.3, -0.25) is 4.90 Å². The van der Waals surface area contributed by atoms with Crippen LogP contribution >= 0.6 is 0 Å². The van der Waals surface area contributed by atoms with Crippen LogP contribution in [-0.2, 0) is 6.54 Å². The van der Waals surface area contributed by atoms with E-state index in [1.807, 2.05) is 18.2 Å². The third-order valence-electron chi connectivity index (χ3n) is 3.30. The Morgan fingerprint density at radius 3 is 2.48 bits per heavy atom. The van der Waals surface area contributed by atoms with E-state index in [9.17, 15) is 0 Å². The van der Waals surface area contributed by atoms with Crippen molar-refractivity contribution in [3.8, 4) is 0 Å². The molecular formula is C18H24N2O. The Morgan fingerprint density at radius 2 is 1.81 bits per heavy atom. The highest BCUT2D eigenvalue weighted by Gasteiger charge is 2.05. The predicted octanol–water partition coefficient (Wildman–Crippen LogP) is 3.36. The standard InChI is InChI=1S/C18H24N2O/c1-19(2)13-14-20(16-17-8-4-3-5-9-17)12-6-10-18-11-7-15-21-18/h3-11,15H,12-14,16H2,1-2H3/b10-6+. The average Bonchev–Trinajstić information content (AvgIpc) is 2.99. The Balaban J connectivity index is 1.91. The van der Waals surface area contributed by atoms with Gasteiger partial charge >= 0.3 is 0 Å². The molecule has 21 heavy (non-hydrogen) atoms. The minimum Gasteiger partial charge on any atom is -0.465 e. The molecule has 2 rings (SSSR count). The molecule has 3 nitrogen and oxygen atoms in total. The molecule has 1 aromatic carbocycles. The van der Waals surface area contributed by atoms with Crippen molar-refractivity contribution in [2.45, 2.75) is 6.54 Å². The number of benzene rings is 1. The number of furan rings is 1. The van der Waals surface area contributed by atoms with Crippen molar-refractivity contribution in [2.24, 2.45) is 0 Å². The smallest absolute Gasteiger partial charge is 0.126 e. The van der Waals surface area contributed by atoms with Crippen LogP contribution in [0.5, 0.6) is 0 Å². The summed E-state index contributed by atoms with van der Waals surface area (Å²) in [6, 6.07) is 14.5. The van der Waals surface area contributed by atoms with Crippen molar-refractivity contribution in [3.05, 3.63) is 66.1 Å². The normalized spacial score (nSPS) is 11.8. The molecule has 0 aliphatic heterocycles. The first-order valence-electron chi connectivity index (χ1n) is 7.35. The van der Waals surface area contributed by atoms with Crippen molar-refractivity contribution in [3.63, 3.8) is 0 Å². The molecule has 3 heteroatoms. The fraction of sp³-hybridized carbons (Fsp3) is 0.333. The molecule has 2 aromatic rings. The van der Waals surface area contributed by atoms with Crippen LogP contribution in [0.25, 0.3) is 6.08 Å². The van der Waals surface area contributed by atoms with Gasteiger partial charge in [0.25, 0.3) is 0 Å². The van der Waals surface area contributed by atoms with E-state index in [2.05, 4.69) is 60.3 Å². The molecule has 0 spiro atoms. The van der Waals surface area contributed by atoms with Crippen LogP contribution in [0, 0.1) is 0 Å². The molecular weight excluding hydrogens is 260 g/mol. The Morgan fingerprint density at radius 1 is 1.00 bits per heavy atom. The van der Waals surface area contributed by atoms with Gasteiger partial charge in [-0.2, -0.15) is 0 Å². The first-order chi connectivity index (χ1) is 10.2. The van der Waals surface area contributed by atoms with Crippen LogP contribution < -0.4 is 0 Å².